The minimum Gasteiger partial charge on any atom is -0.346 e. The van der Waals surface area contributed by atoms with Crippen LogP contribution in [0.15, 0.2) is 54.6 Å². The van der Waals surface area contributed by atoms with Gasteiger partial charge in [-0.25, -0.2) is 0 Å². The van der Waals surface area contributed by atoms with Crippen LogP contribution in [0.2, 0.25) is 0 Å². The van der Waals surface area contributed by atoms with Crippen LogP contribution in [0.1, 0.15) is 49.1 Å². The molecule has 3 aromatic rings. The van der Waals surface area contributed by atoms with E-state index in [0.29, 0.717) is 6.42 Å². The molecule has 1 aliphatic heterocycles. The minimum atomic E-state index is -0.197. The molecule has 0 saturated carbocycles. The average molecular weight is 461 g/mol. The van der Waals surface area contributed by atoms with Gasteiger partial charge in [0.15, 0.2) is 5.82 Å². The van der Waals surface area contributed by atoms with Crippen molar-refractivity contribution in [2.24, 2.45) is 0 Å². The lowest BCUT2D eigenvalue weighted by molar-refractivity contribution is -0.121. The largest absolute Gasteiger partial charge is 0.346 e. The Morgan fingerprint density at radius 3 is 2.47 bits per heavy atom. The number of rotatable bonds is 8. The number of carbonyl (C=O) groups is 2. The van der Waals surface area contributed by atoms with Crippen LogP contribution in [0.25, 0.3) is 0 Å². The summed E-state index contributed by atoms with van der Waals surface area (Å²) in [5, 5.41) is 14.7. The lowest BCUT2D eigenvalue weighted by Crippen LogP contribution is -2.30. The summed E-state index contributed by atoms with van der Waals surface area (Å²) in [5.41, 5.74) is 3.17. The van der Waals surface area contributed by atoms with Gasteiger partial charge in [-0.05, 0) is 36.6 Å². The minimum absolute atomic E-state index is 0.0201. The lowest BCUT2D eigenvalue weighted by atomic mass is 10.1. The van der Waals surface area contributed by atoms with Crippen molar-refractivity contribution in [3.63, 3.8) is 0 Å². The maximum absolute atomic E-state index is 12.5. The number of carbonyl (C=O) groups excluding carboxylic acids is 2. The molecule has 0 fully saturated rings. The van der Waals surface area contributed by atoms with E-state index < -0.39 is 0 Å². The van der Waals surface area contributed by atoms with Crippen LogP contribution in [-0.4, -0.2) is 44.6 Å². The Labute approximate surface area is 200 Å². The van der Waals surface area contributed by atoms with E-state index in [0.717, 1.165) is 61.9 Å². The van der Waals surface area contributed by atoms with Gasteiger partial charge in [0.05, 0.1) is 6.04 Å². The molecule has 2 heterocycles. The molecule has 0 unspecified atom stereocenters. The van der Waals surface area contributed by atoms with Gasteiger partial charge < -0.3 is 15.2 Å². The quantitative estimate of drug-likeness (QED) is 0.539. The number of aryl methyl sites for hydroxylation is 1. The monoisotopic (exact) mass is 460 g/mol. The van der Waals surface area contributed by atoms with E-state index in [4.69, 9.17) is 0 Å². The third kappa shape index (κ3) is 6.29. The third-order valence-corrected chi connectivity index (χ3v) is 6.08. The van der Waals surface area contributed by atoms with Crippen molar-refractivity contribution in [1.82, 2.24) is 25.0 Å². The maximum Gasteiger partial charge on any atom is 0.221 e. The highest BCUT2D eigenvalue weighted by Gasteiger charge is 2.22. The molecule has 34 heavy (non-hydrogen) atoms. The Balaban J connectivity index is 1.31. The number of nitrogens with one attached hydrogen (secondary N) is 2. The molecule has 0 radical (unpaired) electrons. The number of anilines is 1. The standard InChI is InChI=1S/C26H32N6O2/c1-19(27-25(34)13-10-21-6-4-3-5-7-21)26-30-29-24-14-15-31(16-17-32(24)26)18-22-8-11-23(12-9-22)28-20(2)33/h3-9,11-12,19H,10,13-18H2,1-2H3,(H,27,34)(H,28,33)/t19-/m0/s1. The van der Waals surface area contributed by atoms with Crippen LogP contribution >= 0.6 is 0 Å². The fourth-order valence-electron chi connectivity index (χ4n) is 4.30. The summed E-state index contributed by atoms with van der Waals surface area (Å²) in [6.45, 7) is 6.86. The third-order valence-electron chi connectivity index (χ3n) is 6.08. The van der Waals surface area contributed by atoms with E-state index in [9.17, 15) is 9.59 Å². The molecule has 2 N–H and O–H groups in total. The molecule has 8 heteroatoms. The van der Waals surface area contributed by atoms with Crippen molar-refractivity contribution in [3.05, 3.63) is 77.4 Å². The molecule has 0 spiro atoms. The topological polar surface area (TPSA) is 92.2 Å². The van der Waals surface area contributed by atoms with Crippen LogP contribution in [0.3, 0.4) is 0 Å². The van der Waals surface area contributed by atoms with Crippen molar-refractivity contribution in [1.29, 1.82) is 0 Å². The van der Waals surface area contributed by atoms with E-state index in [2.05, 4.69) is 42.4 Å². The summed E-state index contributed by atoms with van der Waals surface area (Å²) >= 11 is 0. The molecular formula is C26H32N6O2. The summed E-state index contributed by atoms with van der Waals surface area (Å²) in [6.07, 6.45) is 1.98. The van der Waals surface area contributed by atoms with Crippen molar-refractivity contribution in [2.45, 2.75) is 52.2 Å². The van der Waals surface area contributed by atoms with Gasteiger partial charge in [0.1, 0.15) is 5.82 Å². The van der Waals surface area contributed by atoms with Crippen LogP contribution < -0.4 is 10.6 Å². The van der Waals surface area contributed by atoms with E-state index >= 15 is 0 Å². The second-order valence-electron chi connectivity index (χ2n) is 8.81. The van der Waals surface area contributed by atoms with Crippen LogP contribution in [0.4, 0.5) is 5.69 Å². The molecule has 2 aromatic carbocycles. The van der Waals surface area contributed by atoms with Gasteiger partial charge in [-0.15, -0.1) is 10.2 Å². The van der Waals surface area contributed by atoms with Gasteiger partial charge in [0, 0.05) is 51.6 Å². The first kappa shape index (κ1) is 23.6. The van der Waals surface area contributed by atoms with Gasteiger partial charge in [0.25, 0.3) is 0 Å². The number of hydrogen-bond acceptors (Lipinski definition) is 5. The molecule has 4 rings (SSSR count). The summed E-state index contributed by atoms with van der Waals surface area (Å²) in [7, 11) is 0. The molecule has 0 bridgehead atoms. The first-order chi connectivity index (χ1) is 16.5. The zero-order chi connectivity index (χ0) is 23.9. The Hall–Kier alpha value is -3.52. The zero-order valence-electron chi connectivity index (χ0n) is 19.8. The van der Waals surface area contributed by atoms with Crippen molar-refractivity contribution in [3.8, 4) is 0 Å². The predicted molar refractivity (Wildman–Crippen MR) is 131 cm³/mol. The normalized spacial score (nSPS) is 14.6. The zero-order valence-corrected chi connectivity index (χ0v) is 19.8. The first-order valence-electron chi connectivity index (χ1n) is 11.8. The van der Waals surface area contributed by atoms with E-state index in [1.54, 1.807) is 0 Å². The highest BCUT2D eigenvalue weighted by atomic mass is 16.2. The number of benzene rings is 2. The molecule has 8 nitrogen and oxygen atoms in total. The molecule has 1 aliphatic rings. The summed E-state index contributed by atoms with van der Waals surface area (Å²) < 4.78 is 2.15. The van der Waals surface area contributed by atoms with Crippen LogP contribution in [0, 0.1) is 0 Å². The molecule has 1 aromatic heterocycles. The number of aromatic nitrogens is 3. The van der Waals surface area contributed by atoms with Crippen LogP contribution in [-0.2, 0) is 35.5 Å². The van der Waals surface area contributed by atoms with Crippen molar-refractivity contribution >= 4 is 17.5 Å². The van der Waals surface area contributed by atoms with Crippen LogP contribution in [0.5, 0.6) is 0 Å². The highest BCUT2D eigenvalue weighted by molar-refractivity contribution is 5.88. The molecular weight excluding hydrogens is 428 g/mol. The molecule has 0 saturated heterocycles. The van der Waals surface area contributed by atoms with E-state index in [1.807, 2.05) is 49.4 Å². The molecule has 178 valence electrons. The SMILES string of the molecule is CC(=O)Nc1ccc(CN2CCc3nnc([C@H](C)NC(=O)CCc4ccccc4)n3CC2)cc1. The number of fused-ring (bicyclic) bond motifs is 1. The highest BCUT2D eigenvalue weighted by Crippen LogP contribution is 2.18. The van der Waals surface area contributed by atoms with Crippen molar-refractivity contribution < 1.29 is 9.59 Å². The fourth-order valence-corrected chi connectivity index (χ4v) is 4.30. The van der Waals surface area contributed by atoms with Gasteiger partial charge in [-0.1, -0.05) is 42.5 Å². The second kappa shape index (κ2) is 11.1. The number of hydrogen-bond donors (Lipinski definition) is 2. The predicted octanol–water partition coefficient (Wildman–Crippen LogP) is 3.10. The van der Waals surface area contributed by atoms with Gasteiger partial charge in [-0.2, -0.15) is 0 Å². The summed E-state index contributed by atoms with van der Waals surface area (Å²) in [6, 6.07) is 17.8. The lowest BCUT2D eigenvalue weighted by Gasteiger charge is -2.20. The van der Waals surface area contributed by atoms with Gasteiger partial charge in [-0.3, -0.25) is 14.5 Å². The number of nitrogens with zero attached hydrogens (tertiary/aromatic N) is 4. The Bertz CT molecular complexity index is 1110. The first-order valence-corrected chi connectivity index (χ1v) is 11.8. The second-order valence-corrected chi connectivity index (χ2v) is 8.81. The summed E-state index contributed by atoms with van der Waals surface area (Å²) in [4.78, 5) is 26.1. The number of amides is 2. The Morgan fingerprint density at radius 2 is 1.74 bits per heavy atom. The Morgan fingerprint density at radius 1 is 0.971 bits per heavy atom. The molecule has 0 aliphatic carbocycles. The fraction of sp³-hybridized carbons (Fsp3) is 0.385. The van der Waals surface area contributed by atoms with Crippen molar-refractivity contribution in [2.75, 3.05) is 18.4 Å². The average Bonchev–Trinajstić information content (AvgIpc) is 3.14. The summed E-state index contributed by atoms with van der Waals surface area (Å²) in [5.74, 6) is 1.72. The maximum atomic E-state index is 12.5. The van der Waals surface area contributed by atoms with Gasteiger partial charge >= 0.3 is 0 Å². The van der Waals surface area contributed by atoms with E-state index in [-0.39, 0.29) is 17.9 Å². The van der Waals surface area contributed by atoms with E-state index in [1.165, 1.54) is 12.5 Å². The Kier molecular flexibility index (Phi) is 7.69. The smallest absolute Gasteiger partial charge is 0.221 e. The van der Waals surface area contributed by atoms with Gasteiger partial charge in [0.2, 0.25) is 11.8 Å². The molecule has 2 amide bonds. The molecule has 1 atom stereocenters.